The smallest absolute Gasteiger partial charge is 0.412 e. The number of benzene rings is 5. The van der Waals surface area contributed by atoms with Crippen LogP contribution >= 0.6 is 0 Å². The maximum Gasteiger partial charge on any atom is 0.412 e. The molecule has 0 bridgehead atoms. The number of unbranched alkanes of at least 4 members (excludes halogenated alkanes) is 7. The second kappa shape index (κ2) is 28.1. The minimum Gasteiger partial charge on any atom is -0.445 e. The van der Waals surface area contributed by atoms with Crippen molar-refractivity contribution in [3.05, 3.63) is 174 Å². The molecule has 0 aromatic heterocycles. The number of aromatic nitrogens is 4. The van der Waals surface area contributed by atoms with Crippen molar-refractivity contribution < 1.29 is 38.1 Å². The first kappa shape index (κ1) is 60.8. The molecule has 3 atom stereocenters. The van der Waals surface area contributed by atoms with Gasteiger partial charge in [0.05, 0.1) is 17.6 Å². The first-order chi connectivity index (χ1) is 39.1. The summed E-state index contributed by atoms with van der Waals surface area (Å²) >= 11 is 0. The van der Waals surface area contributed by atoms with Crippen LogP contribution in [0.5, 0.6) is 0 Å². The van der Waals surface area contributed by atoms with E-state index in [0.29, 0.717) is 40.2 Å². The molecule has 5 aromatic rings. The highest BCUT2D eigenvalue weighted by Gasteiger charge is 2.41. The molecule has 0 saturated heterocycles. The highest BCUT2D eigenvalue weighted by molar-refractivity contribution is 5.88. The van der Waals surface area contributed by atoms with E-state index in [9.17, 15) is 28.8 Å². The van der Waals surface area contributed by atoms with Gasteiger partial charge in [-0.25, -0.2) is 29.0 Å². The van der Waals surface area contributed by atoms with Crippen molar-refractivity contribution in [1.29, 1.82) is 0 Å². The normalized spacial score (nSPS) is 12.3. The van der Waals surface area contributed by atoms with Gasteiger partial charge in [-0.1, -0.05) is 62.4 Å². The number of aryl methyl sites for hydroxylation is 10. The summed E-state index contributed by atoms with van der Waals surface area (Å²) in [5, 5.41) is 11.0. The first-order valence-electron chi connectivity index (χ1n) is 27.8. The Morgan fingerprint density at radius 1 is 0.500 bits per heavy atom. The van der Waals surface area contributed by atoms with Crippen LogP contribution in [-0.2, 0) is 32.0 Å². The topological polar surface area (TPSA) is 223 Å². The number of amides is 4. The number of hydrogen-bond acceptors (Lipinski definition) is 12. The minimum atomic E-state index is -1.86. The van der Waals surface area contributed by atoms with Gasteiger partial charge in [-0.2, -0.15) is 4.98 Å². The van der Waals surface area contributed by atoms with Gasteiger partial charge in [-0.15, -0.1) is 6.58 Å². The van der Waals surface area contributed by atoms with Crippen LogP contribution in [0.1, 0.15) is 107 Å². The highest BCUT2D eigenvalue weighted by atomic mass is 16.6. The zero-order chi connectivity index (χ0) is 59.2. The fourth-order valence-corrected chi connectivity index (χ4v) is 10.3. The third kappa shape index (κ3) is 17.1. The maximum atomic E-state index is 14.7. The lowest BCUT2D eigenvalue weighted by atomic mass is 10.1. The van der Waals surface area contributed by atoms with Gasteiger partial charge >= 0.3 is 30.1 Å². The molecule has 18 nitrogen and oxygen atoms in total. The van der Waals surface area contributed by atoms with Gasteiger partial charge in [0.25, 0.3) is 5.56 Å². The molecule has 7 rings (SSSR count). The van der Waals surface area contributed by atoms with Crippen molar-refractivity contribution in [3.8, 4) is 11.5 Å². The van der Waals surface area contributed by atoms with Crippen LogP contribution < -0.4 is 32.5 Å². The van der Waals surface area contributed by atoms with E-state index in [4.69, 9.17) is 23.9 Å². The van der Waals surface area contributed by atoms with E-state index in [1.165, 1.54) is 4.57 Å². The van der Waals surface area contributed by atoms with E-state index < -0.39 is 67.1 Å². The molecular weight excluding hydrogens is 1040 g/mol. The lowest BCUT2D eigenvalue weighted by molar-refractivity contribution is -0.0854. The second-order valence-corrected chi connectivity index (χ2v) is 21.6. The molecule has 4 amide bonds. The van der Waals surface area contributed by atoms with Gasteiger partial charge in [0, 0.05) is 29.3 Å². The van der Waals surface area contributed by atoms with E-state index in [-0.39, 0.29) is 18.1 Å². The minimum absolute atomic E-state index is 0.111. The third-order valence-electron chi connectivity index (χ3n) is 13.9. The number of nitrogens with one attached hydrogen (secondary N) is 4. The Balaban J connectivity index is 1.38. The molecule has 0 unspecified atom stereocenters. The quantitative estimate of drug-likeness (QED) is 0.0203. The zero-order valence-electron chi connectivity index (χ0n) is 48.7. The largest absolute Gasteiger partial charge is 0.445 e. The van der Waals surface area contributed by atoms with Crippen LogP contribution in [0.25, 0.3) is 22.6 Å². The fourth-order valence-electron chi connectivity index (χ4n) is 10.3. The number of allylic oxidation sites excluding steroid dienone is 1. The summed E-state index contributed by atoms with van der Waals surface area (Å²) in [7, 11) is 0. The summed E-state index contributed by atoms with van der Waals surface area (Å²) in [4.78, 5) is 95.7. The molecule has 0 radical (unpaired) electrons. The van der Waals surface area contributed by atoms with Crippen molar-refractivity contribution >= 4 is 58.2 Å². The van der Waals surface area contributed by atoms with E-state index in [1.807, 2.05) is 99.6 Å². The van der Waals surface area contributed by atoms with Crippen LogP contribution in [0, 0.1) is 69.2 Å². The number of fused-ring (bicyclic) bond motifs is 2. The molecule has 2 heterocycles. The van der Waals surface area contributed by atoms with Crippen molar-refractivity contribution in [3.63, 3.8) is 0 Å². The average molecular weight is 1120 g/mol. The SMILES string of the molecule is C=CCCCCCCCCCn1c(=O)nc2n(C[C@H](OC(=O)Nc3cc(C)cc(C)c3)[C@H](OC(=O)Nc3cc(C)cc(C)c3)[C@@H](COC(=O)Nc3cc(C)cc(C)c3)OC(=O)Nc3cc(C)cc(C)c3)c3cc(C)c(C)cc3nc-2c1=O. The predicted octanol–water partition coefficient (Wildman–Crippen LogP) is 13.5. The summed E-state index contributed by atoms with van der Waals surface area (Å²) < 4.78 is 27.5. The lowest BCUT2D eigenvalue weighted by Crippen LogP contribution is -2.51. The molecule has 0 spiro atoms. The summed E-state index contributed by atoms with van der Waals surface area (Å²) in [5.41, 5.74) is 8.99. The monoisotopic (exact) mass is 1120 g/mol. The van der Waals surface area contributed by atoms with Gasteiger partial charge in [0.2, 0.25) is 0 Å². The number of nitrogens with zero attached hydrogens (tertiary/aromatic N) is 4. The van der Waals surface area contributed by atoms with Crippen LogP contribution in [0.4, 0.5) is 41.9 Å². The molecule has 0 saturated carbocycles. The number of anilines is 4. The van der Waals surface area contributed by atoms with Crippen LogP contribution in [0.2, 0.25) is 0 Å². The van der Waals surface area contributed by atoms with Gasteiger partial charge in [-0.3, -0.25) is 30.6 Å². The van der Waals surface area contributed by atoms with E-state index in [1.54, 1.807) is 60.7 Å². The van der Waals surface area contributed by atoms with Crippen molar-refractivity contribution in [2.24, 2.45) is 0 Å². The Kier molecular flexibility index (Phi) is 20.8. The summed E-state index contributed by atoms with van der Waals surface area (Å²) in [6.07, 6.45) is 0.0379. The first-order valence-corrected chi connectivity index (χ1v) is 27.8. The molecule has 0 fully saturated rings. The molecule has 2 aliphatic rings. The number of carbonyl (C=O) groups excluding carboxylic acids is 4. The Hall–Kier alpha value is -8.80. The Morgan fingerprint density at radius 3 is 1.39 bits per heavy atom. The summed E-state index contributed by atoms with van der Waals surface area (Å²) in [6, 6.07) is 25.2. The molecular formula is C64H76N8O10. The number of hydrogen-bond donors (Lipinski definition) is 4. The fraction of sp³-hybridized carbons (Fsp3) is 0.375. The van der Waals surface area contributed by atoms with Crippen molar-refractivity contribution in [2.45, 2.75) is 152 Å². The highest BCUT2D eigenvalue weighted by Crippen LogP contribution is 2.29. The molecule has 4 N–H and O–H groups in total. The Morgan fingerprint density at radius 2 is 0.915 bits per heavy atom. The lowest BCUT2D eigenvalue weighted by Gasteiger charge is -2.33. The van der Waals surface area contributed by atoms with Gasteiger partial charge in [0.15, 0.2) is 29.8 Å². The zero-order valence-corrected chi connectivity index (χ0v) is 48.7. The van der Waals surface area contributed by atoms with Crippen LogP contribution in [0.3, 0.4) is 0 Å². The molecule has 0 aliphatic carbocycles. The van der Waals surface area contributed by atoms with E-state index in [0.717, 1.165) is 105 Å². The molecule has 82 heavy (non-hydrogen) atoms. The molecule has 18 heteroatoms. The maximum absolute atomic E-state index is 14.7. The average Bonchev–Trinajstić information content (AvgIpc) is 2.58. The summed E-state index contributed by atoms with van der Waals surface area (Å²) in [6.45, 7) is 21.3. The van der Waals surface area contributed by atoms with E-state index >= 15 is 0 Å². The third-order valence-corrected chi connectivity index (χ3v) is 13.9. The van der Waals surface area contributed by atoms with Crippen LogP contribution in [-0.4, -0.2) is 68.4 Å². The Bertz CT molecular complexity index is 3490. The van der Waals surface area contributed by atoms with Gasteiger partial charge in [0.1, 0.15) is 6.61 Å². The Labute approximate surface area is 479 Å². The summed E-state index contributed by atoms with van der Waals surface area (Å²) in [5.74, 6) is -0.155. The van der Waals surface area contributed by atoms with Gasteiger partial charge in [-0.05, 0) is 205 Å². The second-order valence-electron chi connectivity index (χ2n) is 21.6. The van der Waals surface area contributed by atoms with Crippen molar-refractivity contribution in [2.75, 3.05) is 27.9 Å². The number of carbonyl (C=O) groups is 4. The number of ether oxygens (including phenoxy) is 4. The molecule has 432 valence electrons. The van der Waals surface area contributed by atoms with Crippen molar-refractivity contribution in [1.82, 2.24) is 19.1 Å². The number of rotatable bonds is 23. The molecule has 2 aliphatic heterocycles. The van der Waals surface area contributed by atoms with Gasteiger partial charge < -0.3 is 23.5 Å². The predicted molar refractivity (Wildman–Crippen MR) is 322 cm³/mol. The van der Waals surface area contributed by atoms with E-state index in [2.05, 4.69) is 32.8 Å². The van der Waals surface area contributed by atoms with Crippen LogP contribution in [0.15, 0.2) is 107 Å². The standard InChI is InChI=1S/C64H76N8O10/c1-12-13-14-15-16-17-18-19-20-21-71-59(73)56-58(70-60(71)74)72(53-35-47(11)46(10)34-52(53)69-56)36-54(80-62(76)66-49-28-40(4)23-41(5)29-49)57(82-64(78)68-51-32-44(8)25-45(9)33-51)55(81-63(77)67-50-30-42(6)24-43(7)31-50)37-79-61(75)65-48-26-38(2)22-39(3)27-48/h12,22-35,54-55,57H,1,13-21,36-37H2,2-11H3,(H,65,75)(H,66,76)(H,67,77)(H,68,78)/t54-,55+,57-/m0/s1. The molecule has 5 aromatic carbocycles.